The molecule has 1 fully saturated rings. The number of aliphatic hydroxyl groups is 1. The molecule has 2 amide bonds. The van der Waals surface area contributed by atoms with Crippen LogP contribution in [0.2, 0.25) is 0 Å². The molecule has 0 radical (unpaired) electrons. The smallest absolute Gasteiger partial charge is 0.221 e. The van der Waals surface area contributed by atoms with Gasteiger partial charge < -0.3 is 15.7 Å². The molecule has 0 aromatic carbocycles. The first-order valence-electron chi connectivity index (χ1n) is 5.79. The average Bonchev–Trinajstić information content (AvgIpc) is 2.60. The van der Waals surface area contributed by atoms with Gasteiger partial charge in [0.25, 0.3) is 0 Å². The van der Waals surface area contributed by atoms with Gasteiger partial charge in [-0.2, -0.15) is 0 Å². The van der Waals surface area contributed by atoms with Crippen LogP contribution < -0.4 is 10.6 Å². The maximum atomic E-state index is 11.3. The molecule has 5 nitrogen and oxygen atoms in total. The quantitative estimate of drug-likeness (QED) is 0.609. The number of hydrogen-bond acceptors (Lipinski definition) is 3. The Morgan fingerprint density at radius 2 is 2.06 bits per heavy atom. The number of amides is 2. The third kappa shape index (κ3) is 4.61. The Labute approximate surface area is 95.6 Å². The van der Waals surface area contributed by atoms with Crippen LogP contribution in [0.1, 0.15) is 32.6 Å². The van der Waals surface area contributed by atoms with Crippen LogP contribution in [0.3, 0.4) is 0 Å². The summed E-state index contributed by atoms with van der Waals surface area (Å²) >= 11 is 0. The molecule has 0 aromatic rings. The molecule has 3 N–H and O–H groups in total. The van der Waals surface area contributed by atoms with E-state index in [4.69, 9.17) is 0 Å². The summed E-state index contributed by atoms with van der Waals surface area (Å²) in [4.78, 5) is 21.9. The highest BCUT2D eigenvalue weighted by Crippen LogP contribution is 2.24. The van der Waals surface area contributed by atoms with Crippen LogP contribution >= 0.6 is 0 Å². The summed E-state index contributed by atoms with van der Waals surface area (Å²) in [6.45, 7) is 2.33. The van der Waals surface area contributed by atoms with Crippen molar-refractivity contribution >= 4 is 11.8 Å². The second-order valence-corrected chi connectivity index (χ2v) is 4.30. The van der Waals surface area contributed by atoms with E-state index in [1.54, 1.807) is 0 Å². The van der Waals surface area contributed by atoms with Gasteiger partial charge in [0.1, 0.15) is 0 Å². The van der Waals surface area contributed by atoms with Crippen molar-refractivity contribution in [3.63, 3.8) is 0 Å². The van der Waals surface area contributed by atoms with Crippen LogP contribution in [0, 0.1) is 5.92 Å². The maximum absolute atomic E-state index is 11.3. The topological polar surface area (TPSA) is 78.4 Å². The highest BCUT2D eigenvalue weighted by Gasteiger charge is 2.25. The van der Waals surface area contributed by atoms with Gasteiger partial charge in [-0.05, 0) is 12.8 Å². The first kappa shape index (κ1) is 13.0. The van der Waals surface area contributed by atoms with Crippen molar-refractivity contribution in [3.8, 4) is 0 Å². The Kier molecular flexibility index (Phi) is 5.25. The van der Waals surface area contributed by atoms with E-state index in [-0.39, 0.29) is 23.8 Å². The molecule has 0 aromatic heterocycles. The van der Waals surface area contributed by atoms with Gasteiger partial charge >= 0.3 is 0 Å². The number of nitrogens with one attached hydrogen (secondary N) is 2. The van der Waals surface area contributed by atoms with E-state index in [0.29, 0.717) is 19.5 Å². The number of carbonyl (C=O) groups excluding carboxylic acids is 2. The Bertz CT molecular complexity index is 256. The summed E-state index contributed by atoms with van der Waals surface area (Å²) in [7, 11) is 0. The minimum Gasteiger partial charge on any atom is -0.393 e. The van der Waals surface area contributed by atoms with Gasteiger partial charge in [0.2, 0.25) is 11.8 Å². The summed E-state index contributed by atoms with van der Waals surface area (Å²) in [5.74, 6) is -0.00317. The number of hydrogen-bond donors (Lipinski definition) is 3. The predicted octanol–water partition coefficient (Wildman–Crippen LogP) is -0.210. The highest BCUT2D eigenvalue weighted by atomic mass is 16.3. The van der Waals surface area contributed by atoms with Gasteiger partial charge in [-0.3, -0.25) is 9.59 Å². The molecule has 1 aliphatic carbocycles. The Balaban J connectivity index is 2.08. The standard InChI is InChI=1S/C11H20N2O3/c1-8(14)12-6-5-11(16)13-7-9-3-2-4-10(9)15/h9-10,15H,2-7H2,1H3,(H,12,14)(H,13,16). The van der Waals surface area contributed by atoms with Crippen LogP contribution in [-0.2, 0) is 9.59 Å². The van der Waals surface area contributed by atoms with Gasteiger partial charge in [-0.25, -0.2) is 0 Å². The molecule has 0 heterocycles. The van der Waals surface area contributed by atoms with Crippen LogP contribution in [0.4, 0.5) is 0 Å². The summed E-state index contributed by atoms with van der Waals surface area (Å²) in [6, 6.07) is 0. The summed E-state index contributed by atoms with van der Waals surface area (Å²) in [6.07, 6.45) is 2.88. The van der Waals surface area contributed by atoms with E-state index < -0.39 is 0 Å². The van der Waals surface area contributed by atoms with E-state index in [1.807, 2.05) is 0 Å². The fraction of sp³-hybridized carbons (Fsp3) is 0.818. The molecular formula is C11H20N2O3. The normalized spacial score (nSPS) is 24.1. The number of rotatable bonds is 5. The summed E-state index contributed by atoms with van der Waals surface area (Å²) < 4.78 is 0. The minimum absolute atomic E-state index is 0.0761. The number of aliphatic hydroxyl groups excluding tert-OH is 1. The van der Waals surface area contributed by atoms with Crippen molar-refractivity contribution in [2.45, 2.75) is 38.7 Å². The third-order valence-electron chi connectivity index (χ3n) is 2.91. The SMILES string of the molecule is CC(=O)NCCC(=O)NCC1CCCC1O. The van der Waals surface area contributed by atoms with Crippen molar-refractivity contribution in [3.05, 3.63) is 0 Å². The van der Waals surface area contributed by atoms with Gasteiger partial charge in [0.15, 0.2) is 0 Å². The molecule has 1 saturated carbocycles. The van der Waals surface area contributed by atoms with E-state index in [0.717, 1.165) is 19.3 Å². The Morgan fingerprint density at radius 1 is 1.31 bits per heavy atom. The van der Waals surface area contributed by atoms with Crippen LogP contribution in [0.5, 0.6) is 0 Å². The van der Waals surface area contributed by atoms with Crippen molar-refractivity contribution in [2.75, 3.05) is 13.1 Å². The molecule has 1 rings (SSSR count). The largest absolute Gasteiger partial charge is 0.393 e. The highest BCUT2D eigenvalue weighted by molar-refractivity contribution is 5.77. The van der Waals surface area contributed by atoms with E-state index in [1.165, 1.54) is 6.92 Å². The second kappa shape index (κ2) is 6.48. The molecule has 0 bridgehead atoms. The number of carbonyl (C=O) groups is 2. The molecule has 2 atom stereocenters. The fourth-order valence-electron chi connectivity index (χ4n) is 1.94. The predicted molar refractivity (Wildman–Crippen MR) is 59.7 cm³/mol. The van der Waals surface area contributed by atoms with Gasteiger partial charge in [0.05, 0.1) is 6.10 Å². The van der Waals surface area contributed by atoms with E-state index in [2.05, 4.69) is 10.6 Å². The molecule has 2 unspecified atom stereocenters. The molecular weight excluding hydrogens is 208 g/mol. The van der Waals surface area contributed by atoms with Crippen LogP contribution in [-0.4, -0.2) is 36.1 Å². The molecule has 16 heavy (non-hydrogen) atoms. The second-order valence-electron chi connectivity index (χ2n) is 4.30. The van der Waals surface area contributed by atoms with Crippen LogP contribution in [0.25, 0.3) is 0 Å². The first-order valence-corrected chi connectivity index (χ1v) is 5.79. The molecule has 0 saturated heterocycles. The Hall–Kier alpha value is -1.10. The fourth-order valence-corrected chi connectivity index (χ4v) is 1.94. The molecule has 0 spiro atoms. The lowest BCUT2D eigenvalue weighted by Gasteiger charge is -2.14. The lowest BCUT2D eigenvalue weighted by Crippen LogP contribution is -2.34. The van der Waals surface area contributed by atoms with Crippen molar-refractivity contribution in [1.82, 2.24) is 10.6 Å². The zero-order chi connectivity index (χ0) is 12.0. The van der Waals surface area contributed by atoms with Crippen LogP contribution in [0.15, 0.2) is 0 Å². The molecule has 0 aliphatic heterocycles. The lowest BCUT2D eigenvalue weighted by atomic mass is 10.1. The molecule has 5 heteroatoms. The van der Waals surface area contributed by atoms with Crippen molar-refractivity contribution in [2.24, 2.45) is 5.92 Å². The third-order valence-corrected chi connectivity index (χ3v) is 2.91. The van der Waals surface area contributed by atoms with Crippen molar-refractivity contribution < 1.29 is 14.7 Å². The Morgan fingerprint density at radius 3 is 2.62 bits per heavy atom. The molecule has 1 aliphatic rings. The van der Waals surface area contributed by atoms with Gasteiger partial charge in [0, 0.05) is 32.4 Å². The summed E-state index contributed by atoms with van der Waals surface area (Å²) in [5, 5.41) is 14.9. The minimum atomic E-state index is -0.268. The zero-order valence-corrected chi connectivity index (χ0v) is 9.66. The van der Waals surface area contributed by atoms with Crippen molar-refractivity contribution in [1.29, 1.82) is 0 Å². The van der Waals surface area contributed by atoms with E-state index >= 15 is 0 Å². The van der Waals surface area contributed by atoms with Gasteiger partial charge in [-0.1, -0.05) is 6.42 Å². The monoisotopic (exact) mass is 228 g/mol. The van der Waals surface area contributed by atoms with E-state index in [9.17, 15) is 14.7 Å². The maximum Gasteiger partial charge on any atom is 0.221 e. The zero-order valence-electron chi connectivity index (χ0n) is 9.66. The lowest BCUT2D eigenvalue weighted by molar-refractivity contribution is -0.121. The molecule has 92 valence electrons. The van der Waals surface area contributed by atoms with Gasteiger partial charge in [-0.15, -0.1) is 0 Å². The summed E-state index contributed by atoms with van der Waals surface area (Å²) in [5.41, 5.74) is 0. The average molecular weight is 228 g/mol. The first-order chi connectivity index (χ1) is 7.59.